The van der Waals surface area contributed by atoms with Crippen LogP contribution in [0, 0.1) is 0 Å². The number of benzene rings is 1. The predicted octanol–water partition coefficient (Wildman–Crippen LogP) is 3.73. The molecule has 0 aliphatic rings. The third-order valence-corrected chi connectivity index (χ3v) is 3.51. The number of thiophene rings is 1. The summed E-state index contributed by atoms with van der Waals surface area (Å²) >= 11 is 7.13. The molecule has 3 nitrogen and oxygen atoms in total. The van der Waals surface area contributed by atoms with E-state index in [0.29, 0.717) is 10.4 Å². The lowest BCUT2D eigenvalue weighted by Crippen LogP contribution is -1.97. The van der Waals surface area contributed by atoms with E-state index in [9.17, 15) is 15.0 Å². The molecule has 2 aromatic rings. The van der Waals surface area contributed by atoms with Crippen molar-refractivity contribution in [2.45, 2.75) is 0 Å². The number of phenols is 1. The van der Waals surface area contributed by atoms with Gasteiger partial charge in [0.2, 0.25) is 0 Å². The van der Waals surface area contributed by atoms with Gasteiger partial charge < -0.3 is 10.2 Å². The second kappa shape index (κ2) is 5.25. The summed E-state index contributed by atoms with van der Waals surface area (Å²) in [5, 5.41) is 20.5. The third kappa shape index (κ3) is 2.72. The van der Waals surface area contributed by atoms with Gasteiger partial charge in [-0.2, -0.15) is 0 Å². The van der Waals surface area contributed by atoms with Crippen molar-refractivity contribution in [3.05, 3.63) is 51.2 Å². The maximum absolute atomic E-state index is 11.2. The second-order valence-corrected chi connectivity index (χ2v) is 4.91. The van der Waals surface area contributed by atoms with Crippen molar-refractivity contribution >= 4 is 40.6 Å². The van der Waals surface area contributed by atoms with Gasteiger partial charge in [-0.3, -0.25) is 0 Å². The largest absolute Gasteiger partial charge is 0.506 e. The molecule has 0 amide bonds. The molecule has 18 heavy (non-hydrogen) atoms. The number of aliphatic carboxylic acids is 1. The van der Waals surface area contributed by atoms with Gasteiger partial charge in [-0.05, 0) is 35.2 Å². The number of halogens is 1. The van der Waals surface area contributed by atoms with Gasteiger partial charge in [-0.1, -0.05) is 23.7 Å². The van der Waals surface area contributed by atoms with Gasteiger partial charge in [0, 0.05) is 4.88 Å². The van der Waals surface area contributed by atoms with E-state index >= 15 is 0 Å². The number of hydrogen-bond donors (Lipinski definition) is 2. The van der Waals surface area contributed by atoms with E-state index in [1.807, 2.05) is 5.38 Å². The van der Waals surface area contributed by atoms with E-state index in [1.165, 1.54) is 29.5 Å². The molecule has 0 spiro atoms. The highest BCUT2D eigenvalue weighted by Crippen LogP contribution is 2.27. The molecule has 0 fully saturated rings. The van der Waals surface area contributed by atoms with Gasteiger partial charge >= 0.3 is 5.97 Å². The molecule has 1 aromatic heterocycles. The second-order valence-electron chi connectivity index (χ2n) is 3.55. The zero-order valence-electron chi connectivity index (χ0n) is 9.13. The molecule has 2 N–H and O–H groups in total. The SMILES string of the molecule is O=C(O)C(=Cc1ccc(O)c(Cl)c1)c1cccs1. The Kier molecular flexibility index (Phi) is 3.69. The quantitative estimate of drug-likeness (QED) is 0.842. The van der Waals surface area contributed by atoms with Crippen molar-refractivity contribution in [1.29, 1.82) is 0 Å². The first-order chi connectivity index (χ1) is 8.58. The minimum absolute atomic E-state index is 0.0261. The Hall–Kier alpha value is -1.78. The van der Waals surface area contributed by atoms with Crippen LogP contribution >= 0.6 is 22.9 Å². The van der Waals surface area contributed by atoms with Crippen LogP contribution in [0.5, 0.6) is 5.75 Å². The van der Waals surface area contributed by atoms with Crippen molar-refractivity contribution in [2.24, 2.45) is 0 Å². The van der Waals surface area contributed by atoms with E-state index < -0.39 is 5.97 Å². The number of rotatable bonds is 3. The van der Waals surface area contributed by atoms with Crippen molar-refractivity contribution in [1.82, 2.24) is 0 Å². The summed E-state index contributed by atoms with van der Waals surface area (Å²) < 4.78 is 0. The molecule has 0 unspecified atom stereocenters. The van der Waals surface area contributed by atoms with E-state index in [2.05, 4.69) is 0 Å². The predicted molar refractivity (Wildman–Crippen MR) is 72.9 cm³/mol. The van der Waals surface area contributed by atoms with E-state index in [4.69, 9.17) is 11.6 Å². The zero-order valence-corrected chi connectivity index (χ0v) is 10.7. The molecule has 0 aliphatic heterocycles. The molecule has 0 atom stereocenters. The zero-order chi connectivity index (χ0) is 13.1. The number of phenolic OH excluding ortho intramolecular Hbond substituents is 1. The summed E-state index contributed by atoms with van der Waals surface area (Å²) in [5.74, 6) is -1.02. The number of hydrogen-bond acceptors (Lipinski definition) is 3. The Morgan fingerprint density at radius 2 is 2.11 bits per heavy atom. The van der Waals surface area contributed by atoms with Gasteiger partial charge in [0.15, 0.2) is 0 Å². The van der Waals surface area contributed by atoms with Crippen LogP contribution in [0.2, 0.25) is 5.02 Å². The molecule has 1 heterocycles. The topological polar surface area (TPSA) is 57.5 Å². The van der Waals surface area contributed by atoms with Crippen molar-refractivity contribution in [3.63, 3.8) is 0 Å². The fourth-order valence-corrected chi connectivity index (χ4v) is 2.37. The highest BCUT2D eigenvalue weighted by molar-refractivity contribution is 7.11. The van der Waals surface area contributed by atoms with Gasteiger partial charge in [-0.15, -0.1) is 11.3 Å². The lowest BCUT2D eigenvalue weighted by molar-refractivity contribution is -0.130. The lowest BCUT2D eigenvalue weighted by atomic mass is 10.1. The van der Waals surface area contributed by atoms with Crippen LogP contribution in [0.1, 0.15) is 10.4 Å². The van der Waals surface area contributed by atoms with Crippen LogP contribution in [-0.2, 0) is 4.79 Å². The smallest absolute Gasteiger partial charge is 0.337 e. The van der Waals surface area contributed by atoms with Crippen molar-refractivity contribution in [3.8, 4) is 5.75 Å². The summed E-state index contributed by atoms with van der Waals surface area (Å²) in [7, 11) is 0. The standard InChI is InChI=1S/C13H9ClO3S/c14-10-7-8(3-4-11(10)15)6-9(13(16)17)12-2-1-5-18-12/h1-7,15H,(H,16,17). The van der Waals surface area contributed by atoms with E-state index in [-0.39, 0.29) is 16.3 Å². The Morgan fingerprint density at radius 1 is 1.33 bits per heavy atom. The lowest BCUT2D eigenvalue weighted by Gasteiger charge is -2.01. The Bertz CT molecular complexity index is 603. The fraction of sp³-hybridized carbons (Fsp3) is 0. The van der Waals surface area contributed by atoms with Crippen LogP contribution in [0.3, 0.4) is 0 Å². The Morgan fingerprint density at radius 3 is 2.67 bits per heavy atom. The number of carboxylic acid groups (broad SMARTS) is 1. The van der Waals surface area contributed by atoms with E-state index in [1.54, 1.807) is 18.2 Å². The highest BCUT2D eigenvalue weighted by Gasteiger charge is 2.11. The Balaban J connectivity index is 2.45. The number of carboxylic acids is 1. The van der Waals surface area contributed by atoms with Gasteiger partial charge in [0.25, 0.3) is 0 Å². The molecule has 0 radical (unpaired) electrons. The molecule has 2 rings (SSSR count). The summed E-state index contributed by atoms with van der Waals surface area (Å²) in [6, 6.07) is 8.10. The molecule has 0 saturated carbocycles. The van der Waals surface area contributed by atoms with Crippen LogP contribution < -0.4 is 0 Å². The van der Waals surface area contributed by atoms with Crippen LogP contribution in [0.25, 0.3) is 11.6 Å². The highest BCUT2D eigenvalue weighted by atomic mass is 35.5. The average Bonchev–Trinajstić information content (AvgIpc) is 2.83. The molecule has 5 heteroatoms. The van der Waals surface area contributed by atoms with Crippen LogP contribution in [-0.4, -0.2) is 16.2 Å². The fourth-order valence-electron chi connectivity index (χ4n) is 1.45. The monoisotopic (exact) mass is 280 g/mol. The first kappa shape index (κ1) is 12.7. The molecule has 0 bridgehead atoms. The van der Waals surface area contributed by atoms with Crippen LogP contribution in [0.15, 0.2) is 35.7 Å². The molecule has 92 valence electrons. The van der Waals surface area contributed by atoms with Crippen molar-refractivity contribution in [2.75, 3.05) is 0 Å². The minimum atomic E-state index is -0.998. The normalized spacial score (nSPS) is 11.5. The third-order valence-electron chi connectivity index (χ3n) is 2.30. The Labute approximate surface area is 113 Å². The average molecular weight is 281 g/mol. The molecule has 0 aliphatic carbocycles. The molecule has 0 saturated heterocycles. The summed E-state index contributed by atoms with van der Waals surface area (Å²) in [6.45, 7) is 0. The maximum atomic E-state index is 11.2. The molecular weight excluding hydrogens is 272 g/mol. The van der Waals surface area contributed by atoms with Crippen molar-refractivity contribution < 1.29 is 15.0 Å². The summed E-state index contributed by atoms with van der Waals surface area (Å²) in [4.78, 5) is 11.9. The molecular formula is C13H9ClO3S. The van der Waals surface area contributed by atoms with Gasteiger partial charge in [-0.25, -0.2) is 4.79 Å². The number of aromatic hydroxyl groups is 1. The van der Waals surface area contributed by atoms with E-state index in [0.717, 1.165) is 0 Å². The van der Waals surface area contributed by atoms with Crippen LogP contribution in [0.4, 0.5) is 0 Å². The summed E-state index contributed by atoms with van der Waals surface area (Å²) in [5.41, 5.74) is 0.829. The first-order valence-corrected chi connectivity index (χ1v) is 6.31. The number of carbonyl (C=O) groups is 1. The maximum Gasteiger partial charge on any atom is 0.337 e. The van der Waals surface area contributed by atoms with Gasteiger partial charge in [0.1, 0.15) is 5.75 Å². The first-order valence-electron chi connectivity index (χ1n) is 5.05. The minimum Gasteiger partial charge on any atom is -0.506 e. The summed E-state index contributed by atoms with van der Waals surface area (Å²) in [6.07, 6.45) is 1.53. The molecule has 1 aromatic carbocycles. The van der Waals surface area contributed by atoms with Gasteiger partial charge in [0.05, 0.1) is 10.6 Å².